The van der Waals surface area contributed by atoms with Crippen LogP contribution in [0.4, 0.5) is 5.82 Å². The maximum Gasteiger partial charge on any atom is 0.163 e. The van der Waals surface area contributed by atoms with E-state index in [9.17, 15) is 0 Å². The molecule has 0 saturated heterocycles. The number of nitrogen functional groups attached to an aromatic ring is 1. The lowest BCUT2D eigenvalue weighted by atomic mass is 10.1. The minimum Gasteiger partial charge on any atom is -0.384 e. The topological polar surface area (TPSA) is 64.7 Å². The number of nitrogens with zero attached hydrogens (tertiary/aromatic N) is 3. The van der Waals surface area contributed by atoms with Crippen molar-refractivity contribution < 1.29 is 0 Å². The molecule has 1 aromatic carbocycles. The van der Waals surface area contributed by atoms with Crippen LogP contribution in [0.3, 0.4) is 0 Å². The number of hydrogen-bond donors (Lipinski definition) is 1. The highest BCUT2D eigenvalue weighted by atomic mass is 14.9. The SMILES string of the molecule is CC(C)c1cc(N)nc(-c2cncc3ccccc23)n1. The number of pyridine rings is 1. The maximum absolute atomic E-state index is 5.91. The highest BCUT2D eigenvalue weighted by Crippen LogP contribution is 2.26. The third-order valence-corrected chi connectivity index (χ3v) is 3.27. The Morgan fingerprint density at radius 3 is 2.65 bits per heavy atom. The van der Waals surface area contributed by atoms with Crippen molar-refractivity contribution >= 4 is 16.6 Å². The molecule has 0 atom stereocenters. The van der Waals surface area contributed by atoms with Gasteiger partial charge >= 0.3 is 0 Å². The standard InChI is InChI=1S/C16H16N4/c1-10(2)14-7-15(17)20-16(19-14)13-9-18-8-11-5-3-4-6-12(11)13/h3-10H,1-2H3,(H2,17,19,20). The summed E-state index contributed by atoms with van der Waals surface area (Å²) in [5.74, 6) is 1.44. The summed E-state index contributed by atoms with van der Waals surface area (Å²) >= 11 is 0. The molecule has 3 rings (SSSR count). The first-order valence-corrected chi connectivity index (χ1v) is 6.62. The molecule has 20 heavy (non-hydrogen) atoms. The van der Waals surface area contributed by atoms with Gasteiger partial charge in [0.05, 0.1) is 0 Å². The minimum absolute atomic E-state index is 0.307. The molecular formula is C16H16N4. The number of rotatable bonds is 2. The summed E-state index contributed by atoms with van der Waals surface area (Å²) < 4.78 is 0. The van der Waals surface area contributed by atoms with Gasteiger partial charge < -0.3 is 5.73 Å². The van der Waals surface area contributed by atoms with Gasteiger partial charge in [-0.1, -0.05) is 38.1 Å². The lowest BCUT2D eigenvalue weighted by molar-refractivity contribution is 0.818. The quantitative estimate of drug-likeness (QED) is 0.770. The van der Waals surface area contributed by atoms with E-state index in [1.54, 1.807) is 6.20 Å². The fourth-order valence-corrected chi connectivity index (χ4v) is 2.20. The number of anilines is 1. The van der Waals surface area contributed by atoms with Gasteiger partial charge in [-0.05, 0) is 11.3 Å². The molecule has 2 aromatic heterocycles. The van der Waals surface area contributed by atoms with E-state index in [0.717, 1.165) is 22.0 Å². The van der Waals surface area contributed by atoms with Crippen molar-refractivity contribution in [3.63, 3.8) is 0 Å². The number of nitrogens with two attached hydrogens (primary N) is 1. The van der Waals surface area contributed by atoms with Crippen LogP contribution in [0.25, 0.3) is 22.2 Å². The number of fused-ring (bicyclic) bond motifs is 1. The second-order valence-corrected chi connectivity index (χ2v) is 5.10. The van der Waals surface area contributed by atoms with E-state index in [-0.39, 0.29) is 0 Å². The van der Waals surface area contributed by atoms with Gasteiger partial charge in [-0.3, -0.25) is 4.98 Å². The van der Waals surface area contributed by atoms with Crippen LogP contribution in [-0.4, -0.2) is 15.0 Å². The fourth-order valence-electron chi connectivity index (χ4n) is 2.20. The molecule has 2 N–H and O–H groups in total. The second kappa shape index (κ2) is 4.89. The average Bonchev–Trinajstić information content (AvgIpc) is 2.46. The zero-order valence-corrected chi connectivity index (χ0v) is 11.5. The van der Waals surface area contributed by atoms with E-state index in [1.165, 1.54) is 0 Å². The molecule has 0 unspecified atom stereocenters. The fraction of sp³-hybridized carbons (Fsp3) is 0.188. The van der Waals surface area contributed by atoms with Gasteiger partial charge in [-0.15, -0.1) is 0 Å². The van der Waals surface area contributed by atoms with Crippen LogP contribution in [0, 0.1) is 0 Å². The van der Waals surface area contributed by atoms with E-state index in [1.807, 2.05) is 36.5 Å². The van der Waals surface area contributed by atoms with Crippen LogP contribution in [0.5, 0.6) is 0 Å². The molecule has 4 nitrogen and oxygen atoms in total. The number of aromatic nitrogens is 3. The van der Waals surface area contributed by atoms with E-state index in [0.29, 0.717) is 17.6 Å². The Labute approximate surface area is 117 Å². The molecule has 0 fully saturated rings. The third-order valence-electron chi connectivity index (χ3n) is 3.27. The van der Waals surface area contributed by atoms with Crippen LogP contribution >= 0.6 is 0 Å². The largest absolute Gasteiger partial charge is 0.384 e. The second-order valence-electron chi connectivity index (χ2n) is 5.10. The highest BCUT2D eigenvalue weighted by Gasteiger charge is 2.11. The number of hydrogen-bond acceptors (Lipinski definition) is 4. The normalized spacial score (nSPS) is 11.2. The zero-order chi connectivity index (χ0) is 14.1. The Morgan fingerprint density at radius 2 is 1.85 bits per heavy atom. The molecule has 0 radical (unpaired) electrons. The van der Waals surface area contributed by atoms with Gasteiger partial charge in [0.15, 0.2) is 5.82 Å². The van der Waals surface area contributed by atoms with Crippen LogP contribution < -0.4 is 5.73 Å². The van der Waals surface area contributed by atoms with Crippen LogP contribution in [0.15, 0.2) is 42.7 Å². The lowest BCUT2D eigenvalue weighted by Gasteiger charge is -2.09. The van der Waals surface area contributed by atoms with Crippen LogP contribution in [0.2, 0.25) is 0 Å². The van der Waals surface area contributed by atoms with Crippen molar-refractivity contribution in [3.05, 3.63) is 48.4 Å². The first-order valence-electron chi connectivity index (χ1n) is 6.62. The number of benzene rings is 1. The molecule has 0 aliphatic carbocycles. The van der Waals surface area contributed by atoms with E-state index < -0.39 is 0 Å². The molecule has 0 amide bonds. The smallest absolute Gasteiger partial charge is 0.163 e. The first kappa shape index (κ1) is 12.5. The lowest BCUT2D eigenvalue weighted by Crippen LogP contribution is -2.02. The Morgan fingerprint density at radius 1 is 1.05 bits per heavy atom. The van der Waals surface area contributed by atoms with Gasteiger partial charge in [-0.25, -0.2) is 9.97 Å². The Bertz CT molecular complexity index is 760. The van der Waals surface area contributed by atoms with Gasteiger partial charge in [0, 0.05) is 35.1 Å². The minimum atomic E-state index is 0.307. The van der Waals surface area contributed by atoms with Gasteiger partial charge in [0.2, 0.25) is 0 Å². The summed E-state index contributed by atoms with van der Waals surface area (Å²) in [6, 6.07) is 9.90. The Hall–Kier alpha value is -2.49. The molecule has 100 valence electrons. The van der Waals surface area contributed by atoms with Gasteiger partial charge in [0.1, 0.15) is 5.82 Å². The summed E-state index contributed by atoms with van der Waals surface area (Å²) in [4.78, 5) is 13.3. The molecule has 0 aliphatic rings. The third kappa shape index (κ3) is 2.20. The molecule has 0 bridgehead atoms. The van der Waals surface area contributed by atoms with Crippen LogP contribution in [-0.2, 0) is 0 Å². The molecular weight excluding hydrogens is 248 g/mol. The van der Waals surface area contributed by atoms with E-state index in [4.69, 9.17) is 5.73 Å². The molecule has 0 saturated carbocycles. The molecule has 3 aromatic rings. The zero-order valence-electron chi connectivity index (χ0n) is 11.5. The summed E-state index contributed by atoms with van der Waals surface area (Å²) in [6.45, 7) is 4.18. The van der Waals surface area contributed by atoms with E-state index in [2.05, 4.69) is 28.8 Å². The monoisotopic (exact) mass is 264 g/mol. The first-order chi connectivity index (χ1) is 9.65. The highest BCUT2D eigenvalue weighted by molar-refractivity contribution is 5.94. The average molecular weight is 264 g/mol. The molecule has 0 spiro atoms. The summed E-state index contributed by atoms with van der Waals surface area (Å²) in [7, 11) is 0. The maximum atomic E-state index is 5.91. The Kier molecular flexibility index (Phi) is 3.06. The molecule has 0 aliphatic heterocycles. The van der Waals surface area contributed by atoms with Gasteiger partial charge in [-0.2, -0.15) is 0 Å². The molecule has 2 heterocycles. The summed E-state index contributed by atoms with van der Waals surface area (Å²) in [5.41, 5.74) is 7.77. The van der Waals surface area contributed by atoms with Crippen molar-refractivity contribution in [2.75, 3.05) is 5.73 Å². The van der Waals surface area contributed by atoms with Crippen LogP contribution in [0.1, 0.15) is 25.5 Å². The van der Waals surface area contributed by atoms with Crippen molar-refractivity contribution in [2.24, 2.45) is 0 Å². The Balaban J connectivity index is 2.25. The molecule has 4 heteroatoms. The van der Waals surface area contributed by atoms with Crippen molar-refractivity contribution in [1.82, 2.24) is 15.0 Å². The van der Waals surface area contributed by atoms with Crippen molar-refractivity contribution in [1.29, 1.82) is 0 Å². The van der Waals surface area contributed by atoms with E-state index >= 15 is 0 Å². The summed E-state index contributed by atoms with van der Waals surface area (Å²) in [5, 5.41) is 2.16. The van der Waals surface area contributed by atoms with Crippen molar-refractivity contribution in [2.45, 2.75) is 19.8 Å². The van der Waals surface area contributed by atoms with Crippen molar-refractivity contribution in [3.8, 4) is 11.4 Å². The predicted molar refractivity (Wildman–Crippen MR) is 81.3 cm³/mol. The summed E-state index contributed by atoms with van der Waals surface area (Å²) in [6.07, 6.45) is 3.63. The predicted octanol–water partition coefficient (Wildman–Crippen LogP) is 3.40. The van der Waals surface area contributed by atoms with Gasteiger partial charge in [0.25, 0.3) is 0 Å².